The van der Waals surface area contributed by atoms with E-state index >= 15 is 0 Å². The highest BCUT2D eigenvalue weighted by Crippen LogP contribution is 2.35. The Hall–Kier alpha value is -0.100. The molecule has 0 heterocycles. The van der Waals surface area contributed by atoms with Gasteiger partial charge in [-0.3, -0.25) is 4.79 Å². The van der Waals surface area contributed by atoms with Crippen molar-refractivity contribution in [2.24, 2.45) is 5.92 Å². The van der Waals surface area contributed by atoms with Crippen LogP contribution in [-0.4, -0.2) is 25.4 Å². The van der Waals surface area contributed by atoms with Gasteiger partial charge in [-0.1, -0.05) is 31.9 Å². The zero-order valence-corrected chi connectivity index (χ0v) is 8.72. The number of rotatable bonds is 3. The van der Waals surface area contributed by atoms with Gasteiger partial charge in [-0.15, -0.1) is 0 Å². The lowest BCUT2D eigenvalue weighted by Crippen LogP contribution is -2.36. The maximum atomic E-state index is 10.4. The first-order valence-corrected chi connectivity index (χ1v) is 4.22. The van der Waals surface area contributed by atoms with Crippen molar-refractivity contribution in [3.63, 3.8) is 0 Å². The molecule has 0 amide bonds. The zero-order chi connectivity index (χ0) is 9.23. The van der Waals surface area contributed by atoms with Gasteiger partial charge in [0.25, 0.3) is 0 Å². The van der Waals surface area contributed by atoms with Gasteiger partial charge in [-0.25, -0.2) is 4.79 Å². The van der Waals surface area contributed by atoms with Gasteiger partial charge in [0.1, 0.15) is 0 Å². The van der Waals surface area contributed by atoms with Crippen molar-refractivity contribution in [1.82, 2.24) is 0 Å². The van der Waals surface area contributed by atoms with E-state index in [1.165, 1.54) is 6.92 Å². The van der Waals surface area contributed by atoms with Gasteiger partial charge in [-0.2, -0.15) is 0 Å². The largest absolute Gasteiger partial charge is 0.481 e. The van der Waals surface area contributed by atoms with Crippen LogP contribution in [0.25, 0.3) is 0 Å². The monoisotopic (exact) mass is 288 g/mol. The lowest BCUT2D eigenvalue weighted by Gasteiger charge is -2.18. The van der Waals surface area contributed by atoms with Gasteiger partial charge in [-0.05, 0) is 6.92 Å². The molecule has 0 aliphatic rings. The topological polar surface area (TPSA) is 74.6 Å². The third kappa shape index (κ3) is 2.44. The average Bonchev–Trinajstić information content (AvgIpc) is 1.85. The molecule has 0 fully saturated rings. The maximum Gasteiger partial charge on any atom is 0.332 e. The Kier molecular flexibility index (Phi) is 3.50. The predicted octanol–water partition coefficient (Wildman–Crippen LogP) is 1.28. The van der Waals surface area contributed by atoms with E-state index in [2.05, 4.69) is 31.9 Å². The summed E-state index contributed by atoms with van der Waals surface area (Å²) in [5.41, 5.74) is 0. The van der Waals surface area contributed by atoms with Crippen molar-refractivity contribution in [3.05, 3.63) is 0 Å². The van der Waals surface area contributed by atoms with Crippen LogP contribution in [0.3, 0.4) is 0 Å². The fourth-order valence-electron chi connectivity index (χ4n) is 0.340. The fourth-order valence-corrected chi connectivity index (χ4v) is 0.732. The molecular weight excluding hydrogens is 284 g/mol. The standard InChI is InChI=1S/C5H6Br2O4/c1-2(3(8)9)5(6,7)4(10)11/h2H,1H3,(H,8,9)(H,10,11). The second-order valence-corrected chi connectivity index (χ2v) is 5.55. The maximum absolute atomic E-state index is 10.4. The van der Waals surface area contributed by atoms with Crippen molar-refractivity contribution < 1.29 is 19.8 Å². The van der Waals surface area contributed by atoms with E-state index in [-0.39, 0.29) is 0 Å². The normalized spacial score (nSPS) is 14.1. The highest BCUT2D eigenvalue weighted by Gasteiger charge is 2.42. The quantitative estimate of drug-likeness (QED) is 0.768. The Morgan fingerprint density at radius 2 is 1.73 bits per heavy atom. The van der Waals surface area contributed by atoms with E-state index in [9.17, 15) is 9.59 Å². The molecule has 64 valence electrons. The first-order valence-electron chi connectivity index (χ1n) is 2.64. The lowest BCUT2D eigenvalue weighted by molar-refractivity contribution is -0.147. The molecule has 0 aliphatic carbocycles. The van der Waals surface area contributed by atoms with Crippen molar-refractivity contribution in [3.8, 4) is 0 Å². The lowest BCUT2D eigenvalue weighted by atomic mass is 10.1. The van der Waals surface area contributed by atoms with Gasteiger partial charge < -0.3 is 10.2 Å². The summed E-state index contributed by atoms with van der Waals surface area (Å²) >= 11 is 5.50. The summed E-state index contributed by atoms with van der Waals surface area (Å²) in [7, 11) is 0. The highest BCUT2D eigenvalue weighted by atomic mass is 79.9. The van der Waals surface area contributed by atoms with Crippen LogP contribution in [0.5, 0.6) is 0 Å². The van der Waals surface area contributed by atoms with Gasteiger partial charge in [0.2, 0.25) is 0 Å². The van der Waals surface area contributed by atoms with Gasteiger partial charge in [0, 0.05) is 0 Å². The molecule has 0 rings (SSSR count). The molecule has 1 unspecified atom stereocenters. The van der Waals surface area contributed by atoms with E-state index in [1.54, 1.807) is 0 Å². The first-order chi connectivity index (χ1) is 4.80. The number of carboxylic acids is 2. The molecule has 0 spiro atoms. The Morgan fingerprint density at radius 3 is 1.82 bits per heavy atom. The number of alkyl halides is 2. The van der Waals surface area contributed by atoms with Crippen LogP contribution >= 0.6 is 31.9 Å². The molecule has 0 saturated carbocycles. The van der Waals surface area contributed by atoms with Gasteiger partial charge in [0.15, 0.2) is 3.23 Å². The summed E-state index contributed by atoms with van der Waals surface area (Å²) in [6.07, 6.45) is 0. The molecule has 11 heavy (non-hydrogen) atoms. The molecule has 6 heteroatoms. The van der Waals surface area contributed by atoms with Gasteiger partial charge in [0.05, 0.1) is 5.92 Å². The Balaban J connectivity index is 4.55. The third-order valence-corrected chi connectivity index (χ3v) is 3.25. The summed E-state index contributed by atoms with van der Waals surface area (Å²) in [5, 5.41) is 16.9. The molecule has 0 aromatic carbocycles. The third-order valence-electron chi connectivity index (χ3n) is 1.20. The molecule has 0 aromatic rings. The summed E-state index contributed by atoms with van der Waals surface area (Å²) in [6, 6.07) is 0. The Morgan fingerprint density at radius 1 is 1.36 bits per heavy atom. The summed E-state index contributed by atoms with van der Waals surface area (Å²) < 4.78 is -1.58. The fraction of sp³-hybridized carbons (Fsp3) is 0.600. The molecule has 1 atom stereocenters. The number of halogens is 2. The van der Waals surface area contributed by atoms with Crippen molar-refractivity contribution in [2.45, 2.75) is 10.2 Å². The minimum Gasteiger partial charge on any atom is -0.481 e. The molecule has 0 bridgehead atoms. The Labute approximate surface area is 79.8 Å². The highest BCUT2D eigenvalue weighted by molar-refractivity contribution is 9.25. The van der Waals surface area contributed by atoms with E-state index in [0.717, 1.165) is 0 Å². The van der Waals surface area contributed by atoms with Crippen LogP contribution in [0.2, 0.25) is 0 Å². The summed E-state index contributed by atoms with van der Waals surface area (Å²) in [4.78, 5) is 20.7. The van der Waals surface area contributed by atoms with Crippen LogP contribution in [0.1, 0.15) is 6.92 Å². The molecular formula is C5H6Br2O4. The van der Waals surface area contributed by atoms with Crippen LogP contribution < -0.4 is 0 Å². The minimum absolute atomic E-state index is 1.04. The zero-order valence-electron chi connectivity index (χ0n) is 5.54. The predicted molar refractivity (Wildman–Crippen MR) is 45.0 cm³/mol. The van der Waals surface area contributed by atoms with E-state index in [1.807, 2.05) is 0 Å². The number of hydrogen-bond donors (Lipinski definition) is 2. The number of carbonyl (C=O) groups is 2. The smallest absolute Gasteiger partial charge is 0.332 e. The number of carboxylic acid groups (broad SMARTS) is 2. The van der Waals surface area contributed by atoms with Crippen molar-refractivity contribution in [1.29, 1.82) is 0 Å². The average molecular weight is 290 g/mol. The summed E-state index contributed by atoms with van der Waals surface area (Å²) in [5.74, 6) is -3.48. The molecule has 0 radical (unpaired) electrons. The van der Waals surface area contributed by atoms with Crippen molar-refractivity contribution in [2.75, 3.05) is 0 Å². The van der Waals surface area contributed by atoms with Crippen LogP contribution in [0.15, 0.2) is 0 Å². The molecule has 4 nitrogen and oxygen atoms in total. The van der Waals surface area contributed by atoms with E-state index < -0.39 is 21.1 Å². The number of aliphatic carboxylic acids is 2. The molecule has 0 aromatic heterocycles. The number of hydrogen-bond acceptors (Lipinski definition) is 2. The second kappa shape index (κ2) is 3.53. The summed E-state index contributed by atoms with van der Waals surface area (Å²) in [6.45, 7) is 1.29. The minimum atomic E-state index is -1.58. The SMILES string of the molecule is CC(C(=O)O)C(Br)(Br)C(=O)O. The van der Waals surface area contributed by atoms with E-state index in [0.29, 0.717) is 0 Å². The van der Waals surface area contributed by atoms with Crippen LogP contribution in [-0.2, 0) is 9.59 Å². The first kappa shape index (κ1) is 10.9. The molecule has 2 N–H and O–H groups in total. The van der Waals surface area contributed by atoms with Crippen LogP contribution in [0, 0.1) is 5.92 Å². The van der Waals surface area contributed by atoms with Crippen molar-refractivity contribution >= 4 is 43.8 Å². The van der Waals surface area contributed by atoms with Crippen LogP contribution in [0.4, 0.5) is 0 Å². The molecule has 0 saturated heterocycles. The Bertz CT molecular complexity index is 189. The van der Waals surface area contributed by atoms with Gasteiger partial charge >= 0.3 is 11.9 Å². The second-order valence-electron chi connectivity index (χ2n) is 1.99. The van der Waals surface area contributed by atoms with E-state index in [4.69, 9.17) is 10.2 Å². The molecule has 0 aliphatic heterocycles.